The van der Waals surface area contributed by atoms with Crippen LogP contribution in [0.25, 0.3) is 12.2 Å². The van der Waals surface area contributed by atoms with Gasteiger partial charge in [0.25, 0.3) is 0 Å². The molecule has 1 rings (SSSR count). The Morgan fingerprint density at radius 1 is 1.43 bits per heavy atom. The molecule has 1 nitrogen and oxygen atoms in total. The Labute approximate surface area is 85.0 Å². The lowest BCUT2D eigenvalue weighted by Crippen LogP contribution is -1.85. The minimum absolute atomic E-state index is 0.717. The van der Waals surface area contributed by atoms with E-state index in [9.17, 15) is 0 Å². The molecule has 1 aromatic carbocycles. The molecule has 0 heterocycles. The van der Waals surface area contributed by atoms with Gasteiger partial charge in [-0.05, 0) is 36.6 Å². The van der Waals surface area contributed by atoms with E-state index in [0.29, 0.717) is 5.57 Å². The van der Waals surface area contributed by atoms with E-state index in [1.54, 1.807) is 6.92 Å². The number of rotatable bonds is 2. The zero-order valence-corrected chi connectivity index (χ0v) is 8.54. The van der Waals surface area contributed by atoms with Crippen molar-refractivity contribution in [2.75, 3.05) is 0 Å². The highest BCUT2D eigenvalue weighted by Gasteiger charge is 1.98. The molecule has 0 aliphatic carbocycles. The number of hydrogen-bond acceptors (Lipinski definition) is 1. The number of nitrogens with zero attached hydrogens (tertiary/aromatic N) is 1. The summed E-state index contributed by atoms with van der Waals surface area (Å²) < 4.78 is 0. The van der Waals surface area contributed by atoms with Crippen molar-refractivity contribution >= 4 is 12.2 Å². The molecule has 0 bridgehead atoms. The van der Waals surface area contributed by atoms with Crippen LogP contribution >= 0.6 is 0 Å². The van der Waals surface area contributed by atoms with Gasteiger partial charge in [-0.25, -0.2) is 0 Å². The maximum atomic E-state index is 8.68. The number of hydrogen-bond donors (Lipinski definition) is 0. The third-order valence-electron chi connectivity index (χ3n) is 2.19. The Balaban J connectivity index is 3.24. The van der Waals surface area contributed by atoms with Crippen LogP contribution in [-0.4, -0.2) is 0 Å². The van der Waals surface area contributed by atoms with Crippen molar-refractivity contribution in [2.24, 2.45) is 0 Å². The molecule has 0 spiro atoms. The van der Waals surface area contributed by atoms with Crippen molar-refractivity contribution in [2.45, 2.75) is 13.8 Å². The van der Waals surface area contributed by atoms with Crippen molar-refractivity contribution < 1.29 is 0 Å². The molecule has 1 heteroatoms. The van der Waals surface area contributed by atoms with Crippen molar-refractivity contribution in [3.63, 3.8) is 0 Å². The third-order valence-corrected chi connectivity index (χ3v) is 2.19. The predicted molar refractivity (Wildman–Crippen MR) is 60.5 cm³/mol. The van der Waals surface area contributed by atoms with Crippen molar-refractivity contribution in [3.8, 4) is 6.07 Å². The molecule has 0 aliphatic heterocycles. The SMILES string of the molecule is C=Cc1cccc(/C=C(\C)C#N)c1C. The van der Waals surface area contributed by atoms with Gasteiger partial charge in [0, 0.05) is 5.57 Å². The predicted octanol–water partition coefficient (Wildman–Crippen LogP) is 3.56. The van der Waals surface area contributed by atoms with Crippen molar-refractivity contribution in [1.29, 1.82) is 5.26 Å². The highest BCUT2D eigenvalue weighted by Crippen LogP contribution is 2.17. The lowest BCUT2D eigenvalue weighted by Gasteiger charge is -2.04. The Bertz CT molecular complexity index is 419. The molecule has 14 heavy (non-hydrogen) atoms. The van der Waals surface area contributed by atoms with Gasteiger partial charge in [-0.2, -0.15) is 5.26 Å². The van der Waals surface area contributed by atoms with E-state index in [2.05, 4.69) is 12.6 Å². The highest BCUT2D eigenvalue weighted by molar-refractivity contribution is 5.65. The fraction of sp³-hybridized carbons (Fsp3) is 0.154. The summed E-state index contributed by atoms with van der Waals surface area (Å²) in [6.45, 7) is 7.59. The molecule has 0 saturated heterocycles. The summed E-state index contributed by atoms with van der Waals surface area (Å²) in [5.74, 6) is 0. The van der Waals surface area contributed by atoms with Crippen LogP contribution in [-0.2, 0) is 0 Å². The minimum Gasteiger partial charge on any atom is -0.193 e. The van der Waals surface area contributed by atoms with Crippen LogP contribution in [0.15, 0.2) is 30.4 Å². The fourth-order valence-electron chi connectivity index (χ4n) is 1.32. The second kappa shape index (κ2) is 4.43. The Hall–Kier alpha value is -1.81. The van der Waals surface area contributed by atoms with Gasteiger partial charge < -0.3 is 0 Å². The van der Waals surface area contributed by atoms with E-state index < -0.39 is 0 Å². The second-order valence-corrected chi connectivity index (χ2v) is 3.20. The molecular weight excluding hydrogens is 170 g/mol. The first-order chi connectivity index (χ1) is 6.69. The van der Waals surface area contributed by atoms with Crippen molar-refractivity contribution in [3.05, 3.63) is 47.0 Å². The summed E-state index contributed by atoms with van der Waals surface area (Å²) in [7, 11) is 0. The fourth-order valence-corrected chi connectivity index (χ4v) is 1.32. The monoisotopic (exact) mass is 183 g/mol. The first-order valence-corrected chi connectivity index (χ1v) is 4.49. The van der Waals surface area contributed by atoms with Crippen LogP contribution in [0.2, 0.25) is 0 Å². The Morgan fingerprint density at radius 3 is 2.64 bits per heavy atom. The van der Waals surface area contributed by atoms with Gasteiger partial charge in [-0.3, -0.25) is 0 Å². The molecule has 0 aromatic heterocycles. The molecule has 70 valence electrons. The standard InChI is InChI=1S/C13H13N/c1-4-12-6-5-7-13(11(12)3)8-10(2)9-14/h4-8H,1H2,2-3H3/b10-8+. The quantitative estimate of drug-likeness (QED) is 0.643. The number of benzene rings is 1. The Morgan fingerprint density at radius 2 is 2.07 bits per heavy atom. The van der Waals surface area contributed by atoms with Crippen LogP contribution in [0.5, 0.6) is 0 Å². The van der Waals surface area contributed by atoms with E-state index in [1.807, 2.05) is 37.3 Å². The molecule has 0 saturated carbocycles. The van der Waals surface area contributed by atoms with Crippen LogP contribution in [0, 0.1) is 18.3 Å². The van der Waals surface area contributed by atoms with Gasteiger partial charge in [-0.1, -0.05) is 30.9 Å². The molecule has 0 N–H and O–H groups in total. The summed E-state index contributed by atoms with van der Waals surface area (Å²) in [5.41, 5.74) is 4.08. The van der Waals surface area contributed by atoms with Crippen LogP contribution in [0.3, 0.4) is 0 Å². The van der Waals surface area contributed by atoms with E-state index in [4.69, 9.17) is 5.26 Å². The van der Waals surface area contributed by atoms with Gasteiger partial charge in [0.2, 0.25) is 0 Å². The summed E-state index contributed by atoms with van der Waals surface area (Å²) in [5, 5.41) is 8.68. The smallest absolute Gasteiger partial charge is 0.0944 e. The number of allylic oxidation sites excluding steroid dienone is 1. The highest BCUT2D eigenvalue weighted by atomic mass is 14.2. The van der Waals surface area contributed by atoms with Crippen LogP contribution in [0.4, 0.5) is 0 Å². The zero-order chi connectivity index (χ0) is 10.6. The topological polar surface area (TPSA) is 23.8 Å². The summed E-state index contributed by atoms with van der Waals surface area (Å²) in [6, 6.07) is 8.10. The lowest BCUT2D eigenvalue weighted by atomic mass is 10.0. The summed E-state index contributed by atoms with van der Waals surface area (Å²) >= 11 is 0. The number of nitriles is 1. The minimum atomic E-state index is 0.717. The van der Waals surface area contributed by atoms with E-state index >= 15 is 0 Å². The molecule has 0 fully saturated rings. The van der Waals surface area contributed by atoms with E-state index in [-0.39, 0.29) is 0 Å². The molecular formula is C13H13N. The van der Waals surface area contributed by atoms with Crippen LogP contribution in [0.1, 0.15) is 23.6 Å². The lowest BCUT2D eigenvalue weighted by molar-refractivity contribution is 1.40. The molecule has 1 aromatic rings. The van der Waals surface area contributed by atoms with Gasteiger partial charge in [0.05, 0.1) is 6.07 Å². The molecule has 0 unspecified atom stereocenters. The Kier molecular flexibility index (Phi) is 3.25. The van der Waals surface area contributed by atoms with Gasteiger partial charge in [0.1, 0.15) is 0 Å². The molecule has 0 aliphatic rings. The maximum Gasteiger partial charge on any atom is 0.0944 e. The van der Waals surface area contributed by atoms with E-state index in [0.717, 1.165) is 16.7 Å². The zero-order valence-electron chi connectivity index (χ0n) is 8.54. The summed E-state index contributed by atoms with van der Waals surface area (Å²) in [6.07, 6.45) is 3.72. The van der Waals surface area contributed by atoms with Gasteiger partial charge in [-0.15, -0.1) is 0 Å². The second-order valence-electron chi connectivity index (χ2n) is 3.20. The first kappa shape index (κ1) is 10.3. The van der Waals surface area contributed by atoms with E-state index in [1.165, 1.54) is 0 Å². The first-order valence-electron chi connectivity index (χ1n) is 4.49. The normalized spacial score (nSPS) is 10.8. The molecule has 0 atom stereocenters. The van der Waals surface area contributed by atoms with Gasteiger partial charge in [0.15, 0.2) is 0 Å². The average Bonchev–Trinajstić information content (AvgIpc) is 2.21. The molecule has 0 amide bonds. The third kappa shape index (κ3) is 2.11. The van der Waals surface area contributed by atoms with Crippen molar-refractivity contribution in [1.82, 2.24) is 0 Å². The summed E-state index contributed by atoms with van der Waals surface area (Å²) in [4.78, 5) is 0. The maximum absolute atomic E-state index is 8.68. The van der Waals surface area contributed by atoms with Crippen LogP contribution < -0.4 is 0 Å². The molecule has 0 radical (unpaired) electrons. The largest absolute Gasteiger partial charge is 0.193 e. The van der Waals surface area contributed by atoms with Gasteiger partial charge >= 0.3 is 0 Å². The average molecular weight is 183 g/mol.